The minimum atomic E-state index is 0.0722. The van der Waals surface area contributed by atoms with Gasteiger partial charge in [-0.25, -0.2) is 15.0 Å². The van der Waals surface area contributed by atoms with E-state index in [0.717, 1.165) is 28.2 Å². The first-order valence-electron chi connectivity index (χ1n) is 8.07. The maximum Gasteiger partial charge on any atom is 0.183 e. The van der Waals surface area contributed by atoms with Crippen LogP contribution in [0.1, 0.15) is 40.4 Å². The summed E-state index contributed by atoms with van der Waals surface area (Å²) in [5, 5.41) is 3.40. The Bertz CT molecular complexity index is 831. The van der Waals surface area contributed by atoms with Gasteiger partial charge >= 0.3 is 0 Å². The molecule has 5 nitrogen and oxygen atoms in total. The number of fused-ring (bicyclic) bond motifs is 1. The summed E-state index contributed by atoms with van der Waals surface area (Å²) in [6.07, 6.45) is 5.92. The predicted molar refractivity (Wildman–Crippen MR) is 101 cm³/mol. The van der Waals surface area contributed by atoms with Gasteiger partial charge in [-0.05, 0) is 37.3 Å². The highest BCUT2D eigenvalue weighted by atomic mass is 15.1. The van der Waals surface area contributed by atoms with Crippen molar-refractivity contribution in [1.29, 1.82) is 0 Å². The maximum absolute atomic E-state index is 4.53. The average molecular weight is 325 g/mol. The largest absolute Gasteiger partial charge is 0.342 e. The van der Waals surface area contributed by atoms with Crippen LogP contribution >= 0.6 is 0 Å². The lowest BCUT2D eigenvalue weighted by atomic mass is 9.87. The van der Waals surface area contributed by atoms with E-state index in [-0.39, 0.29) is 5.41 Å². The van der Waals surface area contributed by atoms with E-state index in [2.05, 4.69) is 66.7 Å². The van der Waals surface area contributed by atoms with Gasteiger partial charge in [0.05, 0.1) is 6.33 Å². The molecule has 0 amide bonds. The lowest BCUT2D eigenvalue weighted by Crippen LogP contribution is -2.06. The van der Waals surface area contributed by atoms with Gasteiger partial charge in [0.25, 0.3) is 0 Å². The van der Waals surface area contributed by atoms with Crippen molar-refractivity contribution in [2.24, 2.45) is 12.5 Å². The highest BCUT2D eigenvalue weighted by Gasteiger charge is 2.13. The van der Waals surface area contributed by atoms with Crippen LogP contribution in [-0.2, 0) is 7.05 Å². The monoisotopic (exact) mass is 325 g/mol. The Kier molecular flexibility index (Phi) is 4.92. The molecular weight excluding hydrogens is 298 g/mol. The topological polar surface area (TPSA) is 55.6 Å². The summed E-state index contributed by atoms with van der Waals surface area (Å²) in [5.41, 5.74) is 4.94. The van der Waals surface area contributed by atoms with Gasteiger partial charge in [0.15, 0.2) is 11.5 Å². The second-order valence-electron chi connectivity index (χ2n) is 7.19. The zero-order valence-electron chi connectivity index (χ0n) is 15.7. The molecule has 0 unspecified atom stereocenters. The number of rotatable bonds is 4. The normalized spacial score (nSPS) is 13.5. The molecule has 0 radical (unpaired) electrons. The van der Waals surface area contributed by atoms with E-state index < -0.39 is 0 Å². The molecule has 0 aliphatic rings. The molecule has 2 aromatic heterocycles. The molecule has 0 aliphatic heterocycles. The number of allylic oxidation sites excluding steroid dienone is 5. The molecule has 0 bridgehead atoms. The van der Waals surface area contributed by atoms with E-state index >= 15 is 0 Å². The molecule has 0 atom stereocenters. The van der Waals surface area contributed by atoms with Crippen molar-refractivity contribution >= 4 is 17.0 Å². The highest BCUT2D eigenvalue weighted by molar-refractivity contribution is 5.84. The highest BCUT2D eigenvalue weighted by Crippen LogP contribution is 2.25. The van der Waals surface area contributed by atoms with Crippen LogP contribution in [0.2, 0.25) is 0 Å². The van der Waals surface area contributed by atoms with Gasteiger partial charge in [0.1, 0.15) is 11.3 Å². The number of anilines is 1. The SMILES string of the molecule is C=C(/C=C\C(C)=C(/C)Nc1nc(C)nc2ncn(C)c12)C(C)(C)C. The van der Waals surface area contributed by atoms with Crippen LogP contribution in [0, 0.1) is 12.3 Å². The van der Waals surface area contributed by atoms with Crippen LogP contribution in [-0.4, -0.2) is 19.5 Å². The fraction of sp³-hybridized carbons (Fsp3) is 0.421. The minimum absolute atomic E-state index is 0.0722. The summed E-state index contributed by atoms with van der Waals surface area (Å²) in [5.74, 6) is 1.48. The van der Waals surface area contributed by atoms with Crippen molar-refractivity contribution < 1.29 is 0 Å². The smallest absolute Gasteiger partial charge is 0.183 e. The van der Waals surface area contributed by atoms with E-state index in [1.54, 1.807) is 6.33 Å². The second kappa shape index (κ2) is 6.59. The number of nitrogens with zero attached hydrogens (tertiary/aromatic N) is 4. The molecule has 0 aliphatic carbocycles. The number of hydrogen-bond donors (Lipinski definition) is 1. The molecule has 0 spiro atoms. The fourth-order valence-corrected chi connectivity index (χ4v) is 2.13. The molecule has 2 heterocycles. The third-order valence-corrected chi connectivity index (χ3v) is 4.08. The molecule has 0 aromatic carbocycles. The van der Waals surface area contributed by atoms with Crippen LogP contribution in [0.15, 0.2) is 41.9 Å². The van der Waals surface area contributed by atoms with Crippen LogP contribution in [0.25, 0.3) is 11.2 Å². The molecule has 2 aromatic rings. The summed E-state index contributed by atoms with van der Waals surface area (Å²) in [6, 6.07) is 0. The fourth-order valence-electron chi connectivity index (χ4n) is 2.13. The number of imidazole rings is 1. The third-order valence-electron chi connectivity index (χ3n) is 4.08. The number of aromatic nitrogens is 4. The van der Waals surface area contributed by atoms with Crippen LogP contribution in [0.4, 0.5) is 5.82 Å². The zero-order chi connectivity index (χ0) is 18.1. The van der Waals surface area contributed by atoms with Gasteiger partial charge in [-0.15, -0.1) is 0 Å². The molecular formula is C19H27N5. The first-order chi connectivity index (χ1) is 11.1. The molecule has 24 heavy (non-hydrogen) atoms. The van der Waals surface area contributed by atoms with Crippen molar-refractivity contribution in [2.45, 2.75) is 41.5 Å². The van der Waals surface area contributed by atoms with Crippen molar-refractivity contribution in [3.8, 4) is 0 Å². The van der Waals surface area contributed by atoms with E-state index in [9.17, 15) is 0 Å². The summed E-state index contributed by atoms with van der Waals surface area (Å²) in [4.78, 5) is 13.2. The summed E-state index contributed by atoms with van der Waals surface area (Å²) < 4.78 is 1.93. The molecule has 2 rings (SSSR count). The Labute approximate surface area is 144 Å². The van der Waals surface area contributed by atoms with Gasteiger partial charge in [-0.2, -0.15) is 0 Å². The number of hydrogen-bond acceptors (Lipinski definition) is 4. The Morgan fingerprint density at radius 3 is 2.50 bits per heavy atom. The molecule has 0 fully saturated rings. The Morgan fingerprint density at radius 2 is 1.88 bits per heavy atom. The number of nitrogens with one attached hydrogen (secondary N) is 1. The lowest BCUT2D eigenvalue weighted by Gasteiger charge is -2.18. The van der Waals surface area contributed by atoms with Crippen molar-refractivity contribution in [3.63, 3.8) is 0 Å². The van der Waals surface area contributed by atoms with E-state index in [4.69, 9.17) is 0 Å². The van der Waals surface area contributed by atoms with E-state index in [1.807, 2.05) is 25.5 Å². The Morgan fingerprint density at radius 1 is 1.21 bits per heavy atom. The maximum atomic E-state index is 4.53. The Hall–Kier alpha value is -2.43. The standard InChI is InChI=1S/C19H27N5/c1-12(9-10-13(2)19(5,6)7)14(3)21-18-16-17(20-11-24(16)8)22-15(4)23-18/h9-11H,2H2,1,3-8H3,(H,21,22,23)/b10-9-,14-12+. The van der Waals surface area contributed by atoms with Crippen LogP contribution in [0.3, 0.4) is 0 Å². The van der Waals surface area contributed by atoms with Crippen molar-refractivity contribution in [1.82, 2.24) is 19.5 Å². The molecule has 5 heteroatoms. The first kappa shape index (κ1) is 17.9. The zero-order valence-corrected chi connectivity index (χ0v) is 15.7. The van der Waals surface area contributed by atoms with Gasteiger partial charge in [-0.1, -0.05) is 39.5 Å². The molecule has 0 saturated heterocycles. The Balaban J connectivity index is 2.32. The summed E-state index contributed by atoms with van der Waals surface area (Å²) in [6.45, 7) is 16.6. The first-order valence-corrected chi connectivity index (χ1v) is 8.07. The molecule has 1 N–H and O–H groups in total. The van der Waals surface area contributed by atoms with Gasteiger partial charge in [-0.3, -0.25) is 0 Å². The van der Waals surface area contributed by atoms with Crippen LogP contribution in [0.5, 0.6) is 0 Å². The molecule has 128 valence electrons. The van der Waals surface area contributed by atoms with E-state index in [0.29, 0.717) is 11.5 Å². The average Bonchev–Trinajstić information content (AvgIpc) is 2.84. The third kappa shape index (κ3) is 3.91. The quantitative estimate of drug-likeness (QED) is 0.839. The second-order valence-corrected chi connectivity index (χ2v) is 7.19. The van der Waals surface area contributed by atoms with Gasteiger partial charge in [0.2, 0.25) is 0 Å². The van der Waals surface area contributed by atoms with Gasteiger partial charge in [0, 0.05) is 12.7 Å². The van der Waals surface area contributed by atoms with E-state index in [1.165, 1.54) is 0 Å². The summed E-state index contributed by atoms with van der Waals surface area (Å²) in [7, 11) is 1.94. The predicted octanol–water partition coefficient (Wildman–Crippen LogP) is 4.54. The number of aryl methyl sites for hydroxylation is 2. The summed E-state index contributed by atoms with van der Waals surface area (Å²) >= 11 is 0. The van der Waals surface area contributed by atoms with Crippen molar-refractivity contribution in [2.75, 3.05) is 5.32 Å². The lowest BCUT2D eigenvalue weighted by molar-refractivity contribution is 0.519. The van der Waals surface area contributed by atoms with Crippen LogP contribution < -0.4 is 5.32 Å². The van der Waals surface area contributed by atoms with Crippen molar-refractivity contribution in [3.05, 3.63) is 47.7 Å². The molecule has 0 saturated carbocycles. The van der Waals surface area contributed by atoms with Gasteiger partial charge < -0.3 is 9.88 Å². The minimum Gasteiger partial charge on any atom is -0.342 e.